The number of carbonyl (C=O) groups excluding carboxylic acids is 2. The molecule has 9 nitrogen and oxygen atoms in total. The molecule has 0 unspecified atom stereocenters. The van der Waals surface area contributed by atoms with Crippen LogP contribution in [0.1, 0.15) is 27.9 Å². The fraction of sp³-hybridized carbons (Fsp3) is 0.333. The Kier molecular flexibility index (Phi) is 8.01. The maximum atomic E-state index is 12.7. The van der Waals surface area contributed by atoms with Crippen molar-refractivity contribution in [1.29, 1.82) is 0 Å². The molecule has 0 saturated heterocycles. The van der Waals surface area contributed by atoms with Crippen LogP contribution in [-0.4, -0.2) is 46.9 Å². The molecule has 0 aliphatic heterocycles. The van der Waals surface area contributed by atoms with E-state index >= 15 is 0 Å². The summed E-state index contributed by atoms with van der Waals surface area (Å²) in [6.45, 7) is 3.58. The minimum Gasteiger partial charge on any atom is -0.497 e. The number of carbonyl (C=O) groups is 2. The maximum Gasteiger partial charge on any atom is 0.337 e. The van der Waals surface area contributed by atoms with Crippen LogP contribution in [0, 0.1) is 13.8 Å². The zero-order valence-electron chi connectivity index (χ0n) is 17.9. The van der Waals surface area contributed by atoms with E-state index in [0.29, 0.717) is 22.6 Å². The van der Waals surface area contributed by atoms with Crippen molar-refractivity contribution in [1.82, 2.24) is 5.32 Å². The highest BCUT2D eigenvalue weighted by molar-refractivity contribution is 7.91. The van der Waals surface area contributed by atoms with Gasteiger partial charge >= 0.3 is 5.97 Å². The Morgan fingerprint density at radius 3 is 2.26 bits per heavy atom. The topological polar surface area (TPSA) is 137 Å². The number of aryl methyl sites for hydroxylation is 2. The Hall–Kier alpha value is -3.11. The highest BCUT2D eigenvalue weighted by Crippen LogP contribution is 2.26. The van der Waals surface area contributed by atoms with Gasteiger partial charge in [-0.3, -0.25) is 4.79 Å². The summed E-state index contributed by atoms with van der Waals surface area (Å²) in [7, 11) is -0.801. The molecule has 0 fully saturated rings. The SMILES string of the molecule is COC(=O)c1ccc(NC(=O)CCNCS(=O)(=O)c2c(C)cc(OC)cc2C)c(N)c1. The molecular weight excluding hydrogens is 422 g/mol. The van der Waals surface area contributed by atoms with Gasteiger partial charge < -0.3 is 25.8 Å². The van der Waals surface area contributed by atoms with Gasteiger partial charge in [0.1, 0.15) is 11.6 Å². The molecule has 0 aliphatic rings. The van der Waals surface area contributed by atoms with E-state index in [1.165, 1.54) is 32.4 Å². The first-order valence-electron chi connectivity index (χ1n) is 9.45. The molecule has 1 amide bonds. The monoisotopic (exact) mass is 449 g/mol. The molecule has 0 bridgehead atoms. The summed E-state index contributed by atoms with van der Waals surface area (Å²) in [6, 6.07) is 7.74. The summed E-state index contributed by atoms with van der Waals surface area (Å²) in [5.74, 6) is -0.585. The summed E-state index contributed by atoms with van der Waals surface area (Å²) in [5.41, 5.74) is 7.91. The minimum absolute atomic E-state index is 0.0360. The number of amides is 1. The number of hydrogen-bond acceptors (Lipinski definition) is 8. The molecule has 0 aliphatic carbocycles. The van der Waals surface area contributed by atoms with Crippen molar-refractivity contribution in [2.75, 3.05) is 37.7 Å². The summed E-state index contributed by atoms with van der Waals surface area (Å²) < 4.78 is 35.2. The van der Waals surface area contributed by atoms with E-state index in [1.807, 2.05) is 0 Å². The molecular formula is C21H27N3O6S. The second-order valence-electron chi connectivity index (χ2n) is 6.94. The van der Waals surface area contributed by atoms with Crippen molar-refractivity contribution >= 4 is 33.1 Å². The number of esters is 1. The van der Waals surface area contributed by atoms with Crippen LogP contribution in [0.25, 0.3) is 0 Å². The summed E-state index contributed by atoms with van der Waals surface area (Å²) in [4.78, 5) is 23.9. The second-order valence-corrected chi connectivity index (χ2v) is 8.87. The fourth-order valence-corrected chi connectivity index (χ4v) is 4.79. The van der Waals surface area contributed by atoms with Crippen LogP contribution in [-0.2, 0) is 19.4 Å². The van der Waals surface area contributed by atoms with Crippen LogP contribution in [0.5, 0.6) is 5.75 Å². The van der Waals surface area contributed by atoms with E-state index in [0.717, 1.165) is 0 Å². The lowest BCUT2D eigenvalue weighted by molar-refractivity contribution is -0.116. The Bertz CT molecular complexity index is 1060. The van der Waals surface area contributed by atoms with Gasteiger partial charge in [0.05, 0.1) is 36.1 Å². The van der Waals surface area contributed by atoms with E-state index in [1.54, 1.807) is 26.0 Å². The van der Waals surface area contributed by atoms with E-state index in [4.69, 9.17) is 10.5 Å². The highest BCUT2D eigenvalue weighted by Gasteiger charge is 2.20. The van der Waals surface area contributed by atoms with E-state index < -0.39 is 15.8 Å². The number of anilines is 2. The smallest absolute Gasteiger partial charge is 0.337 e. The molecule has 0 aromatic heterocycles. The number of nitrogens with one attached hydrogen (secondary N) is 2. The Morgan fingerprint density at radius 1 is 1.06 bits per heavy atom. The van der Waals surface area contributed by atoms with Gasteiger partial charge in [0.2, 0.25) is 5.91 Å². The maximum absolute atomic E-state index is 12.7. The Morgan fingerprint density at radius 2 is 1.71 bits per heavy atom. The molecule has 2 aromatic rings. The molecule has 31 heavy (non-hydrogen) atoms. The number of hydrogen-bond donors (Lipinski definition) is 3. The number of benzene rings is 2. The van der Waals surface area contributed by atoms with Crippen LogP contribution in [0.2, 0.25) is 0 Å². The summed E-state index contributed by atoms with van der Waals surface area (Å²) >= 11 is 0. The second kappa shape index (κ2) is 10.3. The molecule has 168 valence electrons. The lowest BCUT2D eigenvalue weighted by Gasteiger charge is -2.14. The van der Waals surface area contributed by atoms with Gasteiger partial charge in [-0.2, -0.15) is 0 Å². The highest BCUT2D eigenvalue weighted by atomic mass is 32.2. The molecule has 10 heteroatoms. The Labute approximate surface area is 181 Å². The molecule has 4 N–H and O–H groups in total. The third-order valence-corrected chi connectivity index (χ3v) is 6.40. The summed E-state index contributed by atoms with van der Waals surface area (Å²) in [5, 5.41) is 5.43. The molecule has 2 aromatic carbocycles. The average molecular weight is 450 g/mol. The largest absolute Gasteiger partial charge is 0.497 e. The van der Waals surface area contributed by atoms with Crippen LogP contribution < -0.4 is 21.1 Å². The van der Waals surface area contributed by atoms with Crippen LogP contribution in [0.4, 0.5) is 11.4 Å². The average Bonchev–Trinajstić information content (AvgIpc) is 2.71. The number of methoxy groups -OCH3 is 2. The third-order valence-electron chi connectivity index (χ3n) is 4.55. The van der Waals surface area contributed by atoms with Crippen LogP contribution >= 0.6 is 0 Å². The first kappa shape index (κ1) is 24.2. The lowest BCUT2D eigenvalue weighted by atomic mass is 10.1. The van der Waals surface area contributed by atoms with Crippen molar-refractivity contribution in [2.45, 2.75) is 25.2 Å². The van der Waals surface area contributed by atoms with Crippen molar-refractivity contribution in [3.8, 4) is 5.75 Å². The lowest BCUT2D eigenvalue weighted by Crippen LogP contribution is -2.28. The molecule has 0 atom stereocenters. The zero-order chi connectivity index (χ0) is 23.2. The molecule has 2 rings (SSSR count). The quantitative estimate of drug-likeness (QED) is 0.300. The first-order chi connectivity index (χ1) is 14.6. The van der Waals surface area contributed by atoms with Gasteiger partial charge in [-0.25, -0.2) is 13.2 Å². The van der Waals surface area contributed by atoms with Gasteiger partial charge in [0, 0.05) is 13.0 Å². The predicted molar refractivity (Wildman–Crippen MR) is 118 cm³/mol. The molecule has 0 spiro atoms. The number of rotatable bonds is 9. The van der Waals surface area contributed by atoms with Gasteiger partial charge in [0.15, 0.2) is 9.84 Å². The van der Waals surface area contributed by atoms with E-state index in [9.17, 15) is 18.0 Å². The third kappa shape index (κ3) is 6.19. The van der Waals surface area contributed by atoms with Gasteiger partial charge in [-0.05, 0) is 55.3 Å². The zero-order valence-corrected chi connectivity index (χ0v) is 18.8. The predicted octanol–water partition coefficient (Wildman–Crippen LogP) is 2.03. The molecule has 0 radical (unpaired) electrons. The summed E-state index contributed by atoms with van der Waals surface area (Å²) in [6.07, 6.45) is 0.0360. The van der Waals surface area contributed by atoms with E-state index in [2.05, 4.69) is 15.4 Å². The minimum atomic E-state index is -3.59. The normalized spacial score (nSPS) is 11.1. The fourth-order valence-electron chi connectivity index (χ4n) is 3.13. The van der Waals surface area contributed by atoms with Gasteiger partial charge in [-0.1, -0.05) is 0 Å². The van der Waals surface area contributed by atoms with Crippen molar-refractivity contribution in [3.63, 3.8) is 0 Å². The number of sulfone groups is 1. The number of nitrogen functional groups attached to an aromatic ring is 1. The van der Waals surface area contributed by atoms with Crippen molar-refractivity contribution in [2.24, 2.45) is 0 Å². The Balaban J connectivity index is 1.91. The van der Waals surface area contributed by atoms with Gasteiger partial charge in [-0.15, -0.1) is 0 Å². The van der Waals surface area contributed by atoms with Gasteiger partial charge in [0.25, 0.3) is 0 Å². The molecule has 0 saturated carbocycles. The number of ether oxygens (including phenoxy) is 2. The van der Waals surface area contributed by atoms with Crippen LogP contribution in [0.15, 0.2) is 35.2 Å². The van der Waals surface area contributed by atoms with Crippen molar-refractivity contribution in [3.05, 3.63) is 47.0 Å². The van der Waals surface area contributed by atoms with Crippen LogP contribution in [0.3, 0.4) is 0 Å². The van der Waals surface area contributed by atoms with Crippen molar-refractivity contribution < 1.29 is 27.5 Å². The first-order valence-corrected chi connectivity index (χ1v) is 11.1. The van der Waals surface area contributed by atoms with E-state index in [-0.39, 0.29) is 40.9 Å². The number of nitrogens with two attached hydrogens (primary N) is 1. The molecule has 0 heterocycles. The standard InChI is InChI=1S/C21H27N3O6S/c1-13-9-16(29-3)10-14(2)20(13)31(27,28)12-23-8-7-19(25)24-18-6-5-15(11-17(18)22)21(26)30-4/h5-6,9-11,23H,7-8,12,22H2,1-4H3,(H,24,25).